The van der Waals surface area contributed by atoms with Gasteiger partial charge in [0.05, 0.1) is 18.2 Å². The molecule has 0 aliphatic heterocycles. The van der Waals surface area contributed by atoms with Gasteiger partial charge in [0, 0.05) is 26.2 Å². The van der Waals surface area contributed by atoms with Crippen LogP contribution >= 0.6 is 15.9 Å². The quantitative estimate of drug-likeness (QED) is 0.706. The van der Waals surface area contributed by atoms with Gasteiger partial charge < -0.3 is 19.5 Å². The number of halogens is 1. The predicted molar refractivity (Wildman–Crippen MR) is 80.1 cm³/mol. The molecular weight excluding hydrogens is 310 g/mol. The summed E-state index contributed by atoms with van der Waals surface area (Å²) in [6, 6.07) is 4.02. The molecule has 0 unspecified atom stereocenters. The first kappa shape index (κ1) is 16.3. The third-order valence-corrected chi connectivity index (χ3v) is 3.14. The Bertz CT molecular complexity index is 385. The summed E-state index contributed by atoms with van der Waals surface area (Å²) >= 11 is 3.53. The van der Waals surface area contributed by atoms with E-state index in [0.29, 0.717) is 13.2 Å². The highest BCUT2D eigenvalue weighted by molar-refractivity contribution is 9.10. The molecule has 108 valence electrons. The molecule has 4 nitrogen and oxygen atoms in total. The van der Waals surface area contributed by atoms with E-state index in [-0.39, 0.29) is 0 Å². The van der Waals surface area contributed by atoms with Crippen molar-refractivity contribution in [2.45, 2.75) is 19.9 Å². The Hall–Kier alpha value is -0.780. The SMILES string of the molecule is CCOCCCOc1c(Br)cc(CNC)cc1OC. The van der Waals surface area contributed by atoms with Crippen molar-refractivity contribution in [2.24, 2.45) is 0 Å². The van der Waals surface area contributed by atoms with Crippen LogP contribution in [0.1, 0.15) is 18.9 Å². The summed E-state index contributed by atoms with van der Waals surface area (Å²) in [7, 11) is 3.57. The maximum Gasteiger partial charge on any atom is 0.175 e. The first-order valence-electron chi connectivity index (χ1n) is 6.44. The van der Waals surface area contributed by atoms with Crippen molar-refractivity contribution in [3.8, 4) is 11.5 Å². The van der Waals surface area contributed by atoms with E-state index in [1.54, 1.807) is 7.11 Å². The lowest BCUT2D eigenvalue weighted by Gasteiger charge is -2.14. The van der Waals surface area contributed by atoms with Gasteiger partial charge in [-0.1, -0.05) is 0 Å². The number of rotatable bonds is 9. The van der Waals surface area contributed by atoms with Gasteiger partial charge in [0.25, 0.3) is 0 Å². The summed E-state index contributed by atoms with van der Waals surface area (Å²) in [5, 5.41) is 3.11. The molecule has 1 aromatic rings. The van der Waals surface area contributed by atoms with Gasteiger partial charge in [-0.3, -0.25) is 0 Å². The van der Waals surface area contributed by atoms with E-state index >= 15 is 0 Å². The van der Waals surface area contributed by atoms with Gasteiger partial charge in [0.2, 0.25) is 0 Å². The number of nitrogens with one attached hydrogen (secondary N) is 1. The summed E-state index contributed by atoms with van der Waals surface area (Å²) in [6.45, 7) is 4.85. The van der Waals surface area contributed by atoms with Crippen molar-refractivity contribution in [3.05, 3.63) is 22.2 Å². The Morgan fingerprint density at radius 2 is 2.05 bits per heavy atom. The molecule has 1 rings (SSSR count). The lowest BCUT2D eigenvalue weighted by Crippen LogP contribution is -2.07. The van der Waals surface area contributed by atoms with Crippen LogP contribution < -0.4 is 14.8 Å². The molecule has 0 amide bonds. The molecular formula is C14H22BrNO3. The second-order valence-electron chi connectivity index (χ2n) is 4.04. The molecule has 1 aromatic carbocycles. The molecule has 0 aliphatic rings. The van der Waals surface area contributed by atoms with Crippen LogP contribution in [0.2, 0.25) is 0 Å². The Kier molecular flexibility index (Phi) is 7.86. The molecule has 0 saturated carbocycles. The number of methoxy groups -OCH3 is 1. The van der Waals surface area contributed by atoms with E-state index in [4.69, 9.17) is 14.2 Å². The molecule has 0 spiro atoms. The minimum Gasteiger partial charge on any atom is -0.493 e. The zero-order valence-corrected chi connectivity index (χ0v) is 13.4. The standard InChI is InChI=1S/C14H22BrNO3/c1-4-18-6-5-7-19-14-12(15)8-11(10-16-2)9-13(14)17-3/h8-9,16H,4-7,10H2,1-3H3. The lowest BCUT2D eigenvalue weighted by molar-refractivity contribution is 0.130. The Morgan fingerprint density at radius 1 is 1.26 bits per heavy atom. The first-order chi connectivity index (χ1) is 9.22. The summed E-state index contributed by atoms with van der Waals surface area (Å²) in [5.74, 6) is 1.50. The van der Waals surface area contributed by atoms with Gasteiger partial charge in [-0.15, -0.1) is 0 Å². The minimum absolute atomic E-state index is 0.611. The number of ether oxygens (including phenoxy) is 3. The van der Waals surface area contributed by atoms with Crippen LogP contribution in [-0.4, -0.2) is 34.0 Å². The van der Waals surface area contributed by atoms with Gasteiger partial charge in [-0.25, -0.2) is 0 Å². The monoisotopic (exact) mass is 331 g/mol. The van der Waals surface area contributed by atoms with Gasteiger partial charge in [0.15, 0.2) is 11.5 Å². The van der Waals surface area contributed by atoms with Crippen molar-refractivity contribution >= 4 is 15.9 Å². The summed E-state index contributed by atoms with van der Waals surface area (Å²) < 4.78 is 17.3. The summed E-state index contributed by atoms with van der Waals surface area (Å²) in [6.07, 6.45) is 0.863. The largest absolute Gasteiger partial charge is 0.493 e. The zero-order chi connectivity index (χ0) is 14.1. The van der Waals surface area contributed by atoms with Crippen LogP contribution in [0.15, 0.2) is 16.6 Å². The summed E-state index contributed by atoms with van der Waals surface area (Å²) in [4.78, 5) is 0. The highest BCUT2D eigenvalue weighted by atomic mass is 79.9. The molecule has 0 atom stereocenters. The fraction of sp³-hybridized carbons (Fsp3) is 0.571. The minimum atomic E-state index is 0.611. The second-order valence-corrected chi connectivity index (χ2v) is 4.89. The average molecular weight is 332 g/mol. The van der Waals surface area contributed by atoms with Crippen molar-refractivity contribution in [2.75, 3.05) is 34.0 Å². The number of benzene rings is 1. The van der Waals surface area contributed by atoms with Crippen LogP contribution in [0.25, 0.3) is 0 Å². The number of hydrogen-bond acceptors (Lipinski definition) is 4. The van der Waals surface area contributed by atoms with E-state index in [0.717, 1.165) is 41.1 Å². The summed E-state index contributed by atoms with van der Waals surface area (Å²) in [5.41, 5.74) is 1.15. The molecule has 0 heterocycles. The van der Waals surface area contributed by atoms with Crippen molar-refractivity contribution in [1.82, 2.24) is 5.32 Å². The Morgan fingerprint density at radius 3 is 2.68 bits per heavy atom. The first-order valence-corrected chi connectivity index (χ1v) is 7.23. The topological polar surface area (TPSA) is 39.7 Å². The molecule has 19 heavy (non-hydrogen) atoms. The van der Waals surface area contributed by atoms with Crippen LogP contribution in [0.3, 0.4) is 0 Å². The van der Waals surface area contributed by atoms with Crippen molar-refractivity contribution in [3.63, 3.8) is 0 Å². The van der Waals surface area contributed by atoms with Gasteiger partial charge >= 0.3 is 0 Å². The van der Waals surface area contributed by atoms with Crippen LogP contribution in [0, 0.1) is 0 Å². The van der Waals surface area contributed by atoms with Crippen LogP contribution in [-0.2, 0) is 11.3 Å². The Labute approximate surface area is 123 Å². The van der Waals surface area contributed by atoms with Gasteiger partial charge in [0.1, 0.15) is 0 Å². The van der Waals surface area contributed by atoms with Gasteiger partial charge in [-0.2, -0.15) is 0 Å². The smallest absolute Gasteiger partial charge is 0.175 e. The van der Waals surface area contributed by atoms with E-state index in [1.807, 2.05) is 26.1 Å². The maximum atomic E-state index is 5.77. The highest BCUT2D eigenvalue weighted by Crippen LogP contribution is 2.36. The fourth-order valence-corrected chi connectivity index (χ4v) is 2.30. The third-order valence-electron chi connectivity index (χ3n) is 2.55. The molecule has 0 fully saturated rings. The van der Waals surface area contributed by atoms with Crippen molar-refractivity contribution in [1.29, 1.82) is 0 Å². The molecule has 0 aromatic heterocycles. The molecule has 0 saturated heterocycles. The highest BCUT2D eigenvalue weighted by Gasteiger charge is 2.11. The molecule has 1 N–H and O–H groups in total. The van der Waals surface area contributed by atoms with E-state index < -0.39 is 0 Å². The molecule has 0 bridgehead atoms. The van der Waals surface area contributed by atoms with E-state index in [2.05, 4.69) is 21.2 Å². The molecule has 0 aliphatic carbocycles. The van der Waals surface area contributed by atoms with E-state index in [9.17, 15) is 0 Å². The fourth-order valence-electron chi connectivity index (χ4n) is 1.70. The molecule has 5 heteroatoms. The predicted octanol–water partition coefficient (Wildman–Crippen LogP) is 2.98. The van der Waals surface area contributed by atoms with Crippen LogP contribution in [0.5, 0.6) is 11.5 Å². The van der Waals surface area contributed by atoms with E-state index in [1.165, 1.54) is 0 Å². The Balaban J connectivity index is 2.65. The lowest BCUT2D eigenvalue weighted by atomic mass is 10.2. The normalized spacial score (nSPS) is 10.5. The van der Waals surface area contributed by atoms with Crippen molar-refractivity contribution < 1.29 is 14.2 Å². The average Bonchev–Trinajstić information content (AvgIpc) is 2.40. The second kappa shape index (κ2) is 9.18. The van der Waals surface area contributed by atoms with Gasteiger partial charge in [-0.05, 0) is 47.6 Å². The molecule has 0 radical (unpaired) electrons. The number of hydrogen-bond donors (Lipinski definition) is 1. The third kappa shape index (κ3) is 5.38. The maximum absolute atomic E-state index is 5.77. The van der Waals surface area contributed by atoms with Crippen LogP contribution in [0.4, 0.5) is 0 Å². The zero-order valence-electron chi connectivity index (χ0n) is 11.8.